The fraction of sp³-hybridized carbons (Fsp3) is 0.0500. The summed E-state index contributed by atoms with van der Waals surface area (Å²) >= 11 is 9.88. The Bertz CT molecular complexity index is 1130. The van der Waals surface area contributed by atoms with E-state index in [1.165, 1.54) is 10.5 Å². The molecule has 118 valence electrons. The fourth-order valence-corrected chi connectivity index (χ4v) is 5.19. The Morgan fingerprint density at radius 3 is 2.46 bits per heavy atom. The van der Waals surface area contributed by atoms with Gasteiger partial charge in [-0.2, -0.15) is 0 Å². The second-order valence-electron chi connectivity index (χ2n) is 5.55. The van der Waals surface area contributed by atoms with E-state index in [1.807, 2.05) is 48.5 Å². The van der Waals surface area contributed by atoms with Crippen molar-refractivity contribution in [2.24, 2.45) is 0 Å². The Kier molecular flexibility index (Phi) is 4.09. The smallest absolute Gasteiger partial charge is 0.195 e. The number of aryl methyl sites for hydroxylation is 1. The van der Waals surface area contributed by atoms with Crippen LogP contribution >= 0.6 is 34.7 Å². The van der Waals surface area contributed by atoms with Crippen LogP contribution in [0.15, 0.2) is 75.2 Å². The highest BCUT2D eigenvalue weighted by Crippen LogP contribution is 2.40. The minimum absolute atomic E-state index is 0.0497. The van der Waals surface area contributed by atoms with E-state index in [4.69, 9.17) is 11.6 Å². The molecule has 1 aromatic heterocycles. The molecular weight excluding hydrogens is 356 g/mol. The second-order valence-corrected chi connectivity index (χ2v) is 8.06. The predicted octanol–water partition coefficient (Wildman–Crippen LogP) is 6.53. The van der Waals surface area contributed by atoms with Crippen LogP contribution in [0.2, 0.25) is 5.02 Å². The summed E-state index contributed by atoms with van der Waals surface area (Å²) in [5.41, 5.74) is 1.26. The van der Waals surface area contributed by atoms with Gasteiger partial charge in [-0.1, -0.05) is 53.7 Å². The maximum atomic E-state index is 12.7. The van der Waals surface area contributed by atoms with E-state index >= 15 is 0 Å². The van der Waals surface area contributed by atoms with Crippen molar-refractivity contribution in [3.63, 3.8) is 0 Å². The third-order valence-electron chi connectivity index (χ3n) is 3.96. The van der Waals surface area contributed by atoms with Crippen LogP contribution in [0, 0.1) is 6.92 Å². The van der Waals surface area contributed by atoms with Crippen LogP contribution in [0.4, 0.5) is 0 Å². The fourth-order valence-electron chi connectivity index (χ4n) is 2.68. The van der Waals surface area contributed by atoms with Crippen LogP contribution in [-0.4, -0.2) is 0 Å². The van der Waals surface area contributed by atoms with Crippen molar-refractivity contribution in [1.82, 2.24) is 0 Å². The predicted molar refractivity (Wildman–Crippen MR) is 106 cm³/mol. The van der Waals surface area contributed by atoms with Crippen LogP contribution in [-0.2, 0) is 0 Å². The maximum absolute atomic E-state index is 12.7. The highest BCUT2D eigenvalue weighted by atomic mass is 35.5. The first-order chi connectivity index (χ1) is 11.6. The summed E-state index contributed by atoms with van der Waals surface area (Å²) in [7, 11) is 0. The number of benzene rings is 3. The lowest BCUT2D eigenvalue weighted by Gasteiger charge is -2.09. The molecule has 0 fully saturated rings. The van der Waals surface area contributed by atoms with E-state index in [1.54, 1.807) is 23.1 Å². The Hall–Kier alpha value is -1.81. The molecule has 0 unspecified atom stereocenters. The SMILES string of the molecule is Cc1ccccc1Sc1ccc2c(=O)c3ccccc3sc2c1Cl. The number of rotatable bonds is 2. The summed E-state index contributed by atoms with van der Waals surface area (Å²) in [6.07, 6.45) is 0. The van der Waals surface area contributed by atoms with Crippen LogP contribution in [0.1, 0.15) is 5.56 Å². The third-order valence-corrected chi connectivity index (χ3v) is 7.02. The molecule has 0 spiro atoms. The van der Waals surface area contributed by atoms with E-state index < -0.39 is 0 Å². The summed E-state index contributed by atoms with van der Waals surface area (Å²) in [5, 5.41) is 2.11. The topological polar surface area (TPSA) is 17.1 Å². The molecule has 0 aliphatic rings. The van der Waals surface area contributed by atoms with Crippen LogP contribution in [0.3, 0.4) is 0 Å². The largest absolute Gasteiger partial charge is 0.289 e. The first-order valence-corrected chi connectivity index (χ1v) is 9.54. The van der Waals surface area contributed by atoms with Gasteiger partial charge in [0.2, 0.25) is 0 Å². The third kappa shape index (κ3) is 2.63. The Morgan fingerprint density at radius 2 is 1.62 bits per heavy atom. The molecule has 0 saturated carbocycles. The van der Waals surface area contributed by atoms with Crippen LogP contribution < -0.4 is 5.43 Å². The van der Waals surface area contributed by atoms with Crippen molar-refractivity contribution in [2.45, 2.75) is 16.7 Å². The normalized spacial score (nSPS) is 11.2. The molecule has 24 heavy (non-hydrogen) atoms. The van der Waals surface area contributed by atoms with Crippen molar-refractivity contribution >= 4 is 54.9 Å². The minimum Gasteiger partial charge on any atom is -0.289 e. The van der Waals surface area contributed by atoms with Crippen molar-refractivity contribution < 1.29 is 0 Å². The van der Waals surface area contributed by atoms with Gasteiger partial charge in [-0.3, -0.25) is 4.79 Å². The minimum atomic E-state index is 0.0497. The molecule has 0 aliphatic carbocycles. The van der Waals surface area contributed by atoms with E-state index in [9.17, 15) is 4.79 Å². The van der Waals surface area contributed by atoms with Crippen molar-refractivity contribution in [2.75, 3.05) is 0 Å². The van der Waals surface area contributed by atoms with E-state index in [2.05, 4.69) is 19.1 Å². The molecule has 3 aromatic carbocycles. The van der Waals surface area contributed by atoms with Gasteiger partial charge < -0.3 is 0 Å². The van der Waals surface area contributed by atoms with E-state index in [0.717, 1.165) is 19.7 Å². The van der Waals surface area contributed by atoms with Gasteiger partial charge in [0.15, 0.2) is 5.43 Å². The van der Waals surface area contributed by atoms with E-state index in [-0.39, 0.29) is 5.43 Å². The van der Waals surface area contributed by atoms with Gasteiger partial charge >= 0.3 is 0 Å². The van der Waals surface area contributed by atoms with Gasteiger partial charge in [-0.15, -0.1) is 11.3 Å². The molecule has 4 heteroatoms. The molecule has 0 N–H and O–H groups in total. The second kappa shape index (κ2) is 6.25. The van der Waals surface area contributed by atoms with Crippen molar-refractivity contribution in [3.8, 4) is 0 Å². The zero-order valence-corrected chi connectivity index (χ0v) is 15.3. The standard InChI is InChI=1S/C20H13ClOS2/c1-12-6-2-4-8-15(12)23-17-11-10-14-19(22)13-7-3-5-9-16(13)24-20(14)18(17)21/h2-11H,1H3. The molecule has 0 aliphatic heterocycles. The first-order valence-electron chi connectivity index (χ1n) is 7.52. The van der Waals surface area contributed by atoms with Gasteiger partial charge in [-0.05, 0) is 42.8 Å². The number of halogens is 1. The summed E-state index contributed by atoms with van der Waals surface area (Å²) in [5.74, 6) is 0. The van der Waals surface area contributed by atoms with Gasteiger partial charge in [0.25, 0.3) is 0 Å². The quantitative estimate of drug-likeness (QED) is 0.374. The average molecular weight is 369 g/mol. The lowest BCUT2D eigenvalue weighted by molar-refractivity contribution is 1.30. The lowest BCUT2D eigenvalue weighted by atomic mass is 10.2. The number of hydrogen-bond donors (Lipinski definition) is 0. The Balaban J connectivity index is 1.93. The molecule has 1 nitrogen and oxygen atoms in total. The van der Waals surface area contributed by atoms with Gasteiger partial charge in [-0.25, -0.2) is 0 Å². The number of hydrogen-bond acceptors (Lipinski definition) is 3. The Morgan fingerprint density at radius 1 is 0.875 bits per heavy atom. The summed E-state index contributed by atoms with van der Waals surface area (Å²) in [4.78, 5) is 14.9. The molecular formula is C20H13ClOS2. The van der Waals surface area contributed by atoms with Crippen molar-refractivity contribution in [3.05, 3.63) is 81.5 Å². The molecule has 0 amide bonds. The maximum Gasteiger partial charge on any atom is 0.195 e. The highest BCUT2D eigenvalue weighted by Gasteiger charge is 2.13. The van der Waals surface area contributed by atoms with Crippen LogP contribution in [0.5, 0.6) is 0 Å². The van der Waals surface area contributed by atoms with Crippen molar-refractivity contribution in [1.29, 1.82) is 0 Å². The summed E-state index contributed by atoms with van der Waals surface area (Å²) < 4.78 is 1.83. The highest BCUT2D eigenvalue weighted by molar-refractivity contribution is 7.99. The van der Waals surface area contributed by atoms with Gasteiger partial charge in [0.1, 0.15) is 0 Å². The monoisotopic (exact) mass is 368 g/mol. The Labute approximate surface area is 152 Å². The molecule has 4 aromatic rings. The molecule has 0 atom stereocenters. The molecule has 0 radical (unpaired) electrons. The molecule has 4 rings (SSSR count). The number of fused-ring (bicyclic) bond motifs is 2. The van der Waals surface area contributed by atoms with Crippen LogP contribution in [0.25, 0.3) is 20.2 Å². The van der Waals surface area contributed by atoms with Gasteiger partial charge in [0, 0.05) is 25.3 Å². The zero-order chi connectivity index (χ0) is 16.7. The lowest BCUT2D eigenvalue weighted by Crippen LogP contribution is -2.01. The molecule has 0 bridgehead atoms. The molecule has 0 saturated heterocycles. The summed E-state index contributed by atoms with van der Waals surface area (Å²) in [6, 6.07) is 19.8. The zero-order valence-electron chi connectivity index (χ0n) is 12.9. The summed E-state index contributed by atoms with van der Waals surface area (Å²) in [6.45, 7) is 2.09. The first kappa shape index (κ1) is 15.7. The molecule has 1 heterocycles. The van der Waals surface area contributed by atoms with Gasteiger partial charge in [0.05, 0.1) is 9.72 Å². The average Bonchev–Trinajstić information content (AvgIpc) is 2.60. The van der Waals surface area contributed by atoms with E-state index in [0.29, 0.717) is 10.4 Å².